The number of thiophene rings is 1. The van der Waals surface area contributed by atoms with Crippen LogP contribution in [0.1, 0.15) is 22.7 Å². The molecule has 1 amide bonds. The molecule has 0 unspecified atom stereocenters. The Labute approximate surface area is 164 Å². The van der Waals surface area contributed by atoms with E-state index < -0.39 is 12.5 Å². The number of hydrogen-bond acceptors (Lipinski definition) is 7. The van der Waals surface area contributed by atoms with Crippen LogP contribution in [0.2, 0.25) is 0 Å². The van der Waals surface area contributed by atoms with Gasteiger partial charge in [-0.1, -0.05) is 17.4 Å². The molecular weight excluding hydrogens is 412 g/mol. The van der Waals surface area contributed by atoms with Crippen LogP contribution in [-0.2, 0) is 0 Å². The third-order valence-corrected chi connectivity index (χ3v) is 6.52. The van der Waals surface area contributed by atoms with Gasteiger partial charge in [0.15, 0.2) is 11.0 Å². The van der Waals surface area contributed by atoms with E-state index in [0.717, 1.165) is 25.8 Å². The van der Waals surface area contributed by atoms with Gasteiger partial charge in [0.1, 0.15) is 10.7 Å². The van der Waals surface area contributed by atoms with Gasteiger partial charge in [0, 0.05) is 17.8 Å². The molecule has 4 aromatic rings. The molecule has 0 saturated carbocycles. The van der Waals surface area contributed by atoms with Crippen molar-refractivity contribution in [3.63, 3.8) is 0 Å². The average molecular weight is 423 g/mol. The first kappa shape index (κ1) is 17.9. The number of rotatable bonds is 5. The highest BCUT2D eigenvalue weighted by atomic mass is 32.1. The molecule has 4 aromatic heterocycles. The molecular formula is C16H11F2N5OS3. The molecule has 0 bridgehead atoms. The van der Waals surface area contributed by atoms with Crippen molar-refractivity contribution < 1.29 is 13.6 Å². The molecule has 0 atom stereocenters. The first-order valence-electron chi connectivity index (χ1n) is 7.62. The molecule has 4 heterocycles. The smallest absolute Gasteiger partial charge is 0.296 e. The van der Waals surface area contributed by atoms with Crippen LogP contribution in [0.25, 0.3) is 20.6 Å². The van der Waals surface area contributed by atoms with Gasteiger partial charge in [-0.25, -0.2) is 15.0 Å². The predicted molar refractivity (Wildman–Crippen MR) is 103 cm³/mol. The summed E-state index contributed by atoms with van der Waals surface area (Å²) in [6.45, 7) is -1.02. The topological polar surface area (TPSA) is 72.7 Å². The zero-order valence-corrected chi connectivity index (χ0v) is 16.2. The van der Waals surface area contributed by atoms with E-state index in [1.807, 2.05) is 17.5 Å². The molecule has 138 valence electrons. The fraction of sp³-hybridized carbons (Fsp3) is 0.125. The van der Waals surface area contributed by atoms with Crippen molar-refractivity contribution in [2.45, 2.75) is 13.5 Å². The molecule has 0 aliphatic carbocycles. The van der Waals surface area contributed by atoms with Gasteiger partial charge in [-0.05, 0) is 18.4 Å². The lowest BCUT2D eigenvalue weighted by molar-refractivity contribution is 0.0720. The molecule has 0 saturated heterocycles. The second kappa shape index (κ2) is 7.25. The summed E-state index contributed by atoms with van der Waals surface area (Å²) >= 11 is 4.02. The summed E-state index contributed by atoms with van der Waals surface area (Å²) in [6.07, 6.45) is 2.51. The fourth-order valence-corrected chi connectivity index (χ4v) is 4.93. The van der Waals surface area contributed by atoms with Crippen molar-refractivity contribution in [1.29, 1.82) is 0 Å². The van der Waals surface area contributed by atoms with Gasteiger partial charge in [-0.15, -0.1) is 22.7 Å². The number of nitrogens with zero attached hydrogens (tertiary/aromatic N) is 4. The third-order valence-electron chi connectivity index (χ3n) is 3.57. The molecule has 0 radical (unpaired) electrons. The van der Waals surface area contributed by atoms with Crippen LogP contribution in [-0.4, -0.2) is 25.4 Å². The molecule has 0 aliphatic rings. The molecule has 0 aliphatic heterocycles. The van der Waals surface area contributed by atoms with Gasteiger partial charge >= 0.3 is 6.55 Å². The number of imidazole rings is 1. The predicted octanol–water partition coefficient (Wildman–Crippen LogP) is 5.15. The maximum absolute atomic E-state index is 13.1. The maximum atomic E-state index is 13.1. The van der Waals surface area contributed by atoms with E-state index in [1.165, 1.54) is 23.7 Å². The van der Waals surface area contributed by atoms with E-state index in [-0.39, 0.29) is 11.5 Å². The van der Waals surface area contributed by atoms with Gasteiger partial charge < -0.3 is 0 Å². The van der Waals surface area contributed by atoms with E-state index in [2.05, 4.69) is 20.3 Å². The summed E-state index contributed by atoms with van der Waals surface area (Å²) < 4.78 is 26.9. The molecule has 11 heteroatoms. The van der Waals surface area contributed by atoms with Crippen molar-refractivity contribution in [2.24, 2.45) is 0 Å². The van der Waals surface area contributed by atoms with Gasteiger partial charge in [0.05, 0.1) is 15.4 Å². The van der Waals surface area contributed by atoms with Crippen molar-refractivity contribution in [1.82, 2.24) is 19.5 Å². The number of hydrogen-bond donors (Lipinski definition) is 1. The molecule has 4 rings (SSSR count). The second-order valence-electron chi connectivity index (χ2n) is 5.34. The number of thiazole rings is 2. The number of halogens is 2. The first-order chi connectivity index (χ1) is 13.0. The number of aromatic nitrogens is 4. The monoisotopic (exact) mass is 423 g/mol. The average Bonchev–Trinajstić information content (AvgIpc) is 3.41. The van der Waals surface area contributed by atoms with Crippen molar-refractivity contribution >= 4 is 45.0 Å². The van der Waals surface area contributed by atoms with Crippen LogP contribution < -0.4 is 5.32 Å². The van der Waals surface area contributed by atoms with Crippen molar-refractivity contribution in [2.75, 3.05) is 5.32 Å². The summed E-state index contributed by atoms with van der Waals surface area (Å²) in [5.41, 5.74) is 0.799. The zero-order chi connectivity index (χ0) is 19.0. The van der Waals surface area contributed by atoms with E-state index in [4.69, 9.17) is 0 Å². The number of anilines is 1. The van der Waals surface area contributed by atoms with Crippen LogP contribution in [0.5, 0.6) is 0 Å². The number of carbonyl (C=O) groups is 1. The lowest BCUT2D eigenvalue weighted by Crippen LogP contribution is -2.12. The SMILES string of the molecule is Cc1nc(NC(=O)c2csc(-c3cccs3)n2)sc1-c1nccn1C(F)F. The Morgan fingerprint density at radius 3 is 2.89 bits per heavy atom. The number of aryl methyl sites for hydroxylation is 1. The Balaban J connectivity index is 1.55. The summed E-state index contributed by atoms with van der Waals surface area (Å²) in [6, 6.07) is 3.86. The van der Waals surface area contributed by atoms with Gasteiger partial charge in [-0.3, -0.25) is 14.7 Å². The van der Waals surface area contributed by atoms with Crippen LogP contribution in [0.3, 0.4) is 0 Å². The normalized spacial score (nSPS) is 11.3. The highest BCUT2D eigenvalue weighted by Gasteiger charge is 2.20. The maximum Gasteiger partial charge on any atom is 0.320 e. The lowest BCUT2D eigenvalue weighted by Gasteiger charge is -2.04. The van der Waals surface area contributed by atoms with Crippen molar-refractivity contribution in [3.05, 3.63) is 46.7 Å². The van der Waals surface area contributed by atoms with E-state index in [9.17, 15) is 13.6 Å². The summed E-state index contributed by atoms with van der Waals surface area (Å²) in [5, 5.41) is 7.38. The fourth-order valence-electron chi connectivity index (χ4n) is 2.36. The van der Waals surface area contributed by atoms with E-state index in [1.54, 1.807) is 23.6 Å². The first-order valence-corrected chi connectivity index (χ1v) is 10.2. The molecule has 27 heavy (non-hydrogen) atoms. The quantitative estimate of drug-likeness (QED) is 0.482. The Morgan fingerprint density at radius 2 is 2.15 bits per heavy atom. The highest BCUT2D eigenvalue weighted by Crippen LogP contribution is 2.34. The zero-order valence-electron chi connectivity index (χ0n) is 13.7. The minimum atomic E-state index is -2.70. The minimum absolute atomic E-state index is 0.120. The molecule has 1 N–H and O–H groups in total. The van der Waals surface area contributed by atoms with E-state index >= 15 is 0 Å². The largest absolute Gasteiger partial charge is 0.320 e. The number of nitrogens with one attached hydrogen (secondary N) is 1. The van der Waals surface area contributed by atoms with Gasteiger partial charge in [0.2, 0.25) is 0 Å². The lowest BCUT2D eigenvalue weighted by atomic mass is 10.4. The summed E-state index contributed by atoms with van der Waals surface area (Å²) in [5.74, 6) is -0.277. The number of amides is 1. The molecule has 0 spiro atoms. The van der Waals surface area contributed by atoms with Crippen LogP contribution >= 0.6 is 34.0 Å². The Morgan fingerprint density at radius 1 is 1.30 bits per heavy atom. The van der Waals surface area contributed by atoms with E-state index in [0.29, 0.717) is 15.7 Å². The van der Waals surface area contributed by atoms with Crippen LogP contribution in [0.15, 0.2) is 35.3 Å². The summed E-state index contributed by atoms with van der Waals surface area (Å²) in [4.78, 5) is 26.5. The van der Waals surface area contributed by atoms with Crippen LogP contribution in [0.4, 0.5) is 13.9 Å². The minimum Gasteiger partial charge on any atom is -0.296 e. The Hall–Kier alpha value is -2.50. The van der Waals surface area contributed by atoms with Crippen LogP contribution in [0, 0.1) is 6.92 Å². The number of alkyl halides is 2. The number of carbonyl (C=O) groups excluding carboxylic acids is 1. The summed E-state index contributed by atoms with van der Waals surface area (Å²) in [7, 11) is 0. The second-order valence-corrected chi connectivity index (χ2v) is 8.14. The Bertz CT molecular complexity index is 1080. The van der Waals surface area contributed by atoms with Gasteiger partial charge in [-0.2, -0.15) is 8.78 Å². The Kier molecular flexibility index (Phi) is 4.81. The third kappa shape index (κ3) is 3.53. The highest BCUT2D eigenvalue weighted by molar-refractivity contribution is 7.20. The molecule has 0 fully saturated rings. The van der Waals surface area contributed by atoms with Crippen molar-refractivity contribution in [3.8, 4) is 20.6 Å². The molecule has 0 aromatic carbocycles. The standard InChI is InChI=1S/C16H11F2N5OS3/c1-8-11(12-19-4-5-23(12)15(17)18)27-16(20-8)22-13(24)9-7-26-14(21-9)10-3-2-6-25-10/h2-7,15H,1H3,(H,20,22,24). The van der Waals surface area contributed by atoms with Gasteiger partial charge in [0.25, 0.3) is 5.91 Å². The molecule has 6 nitrogen and oxygen atoms in total.